The van der Waals surface area contributed by atoms with Crippen LogP contribution in [-0.2, 0) is 11.3 Å². The Kier molecular flexibility index (Phi) is 7.00. The maximum atomic E-state index is 13.4. The van der Waals surface area contributed by atoms with Crippen LogP contribution in [0.2, 0.25) is 0 Å². The van der Waals surface area contributed by atoms with Gasteiger partial charge >= 0.3 is 0 Å². The van der Waals surface area contributed by atoms with E-state index in [1.807, 2.05) is 18.2 Å². The molecule has 0 bridgehead atoms. The SMILES string of the molecule is O=C(C=C1CCN(C(=O)c2cccc(O)c2)CC1)NC1CCN(Cc2ccc3cc(F)ccc3c2)C1. The molecule has 3 aromatic carbocycles. The molecule has 1 atom stereocenters. The van der Waals surface area contributed by atoms with Crippen molar-refractivity contribution >= 4 is 22.6 Å². The Morgan fingerprint density at radius 3 is 2.58 bits per heavy atom. The molecule has 3 aromatic rings. The third-order valence-corrected chi connectivity index (χ3v) is 7.01. The van der Waals surface area contributed by atoms with E-state index in [0.717, 1.165) is 42.4 Å². The number of carbonyl (C=O) groups is 2. The number of likely N-dealkylation sites (tertiary alicyclic amines) is 2. The summed E-state index contributed by atoms with van der Waals surface area (Å²) in [5.74, 6) is -0.318. The minimum Gasteiger partial charge on any atom is -0.508 e. The number of carbonyl (C=O) groups excluding carboxylic acids is 2. The third kappa shape index (κ3) is 5.74. The van der Waals surface area contributed by atoms with Gasteiger partial charge in [-0.3, -0.25) is 14.5 Å². The first-order valence-electron chi connectivity index (χ1n) is 12.4. The number of phenols is 1. The molecule has 1 unspecified atom stereocenters. The first kappa shape index (κ1) is 24.0. The van der Waals surface area contributed by atoms with Gasteiger partial charge in [0.2, 0.25) is 5.91 Å². The van der Waals surface area contributed by atoms with E-state index < -0.39 is 0 Å². The molecule has 0 saturated carbocycles. The Morgan fingerprint density at radius 2 is 1.78 bits per heavy atom. The monoisotopic (exact) mass is 487 g/mol. The van der Waals surface area contributed by atoms with Crippen LogP contribution >= 0.6 is 0 Å². The first-order valence-corrected chi connectivity index (χ1v) is 12.4. The van der Waals surface area contributed by atoms with Gasteiger partial charge in [-0.05, 0) is 72.0 Å². The molecule has 0 aliphatic carbocycles. The molecule has 2 fully saturated rings. The van der Waals surface area contributed by atoms with Crippen LogP contribution in [0.25, 0.3) is 10.8 Å². The largest absolute Gasteiger partial charge is 0.508 e. The number of aromatic hydroxyl groups is 1. The van der Waals surface area contributed by atoms with Gasteiger partial charge in [0.15, 0.2) is 0 Å². The van der Waals surface area contributed by atoms with Crippen LogP contribution < -0.4 is 5.32 Å². The maximum Gasteiger partial charge on any atom is 0.254 e. The number of rotatable bonds is 5. The summed E-state index contributed by atoms with van der Waals surface area (Å²) in [7, 11) is 0. The van der Waals surface area contributed by atoms with Crippen LogP contribution in [0, 0.1) is 5.82 Å². The summed E-state index contributed by atoms with van der Waals surface area (Å²) in [6, 6.07) is 17.4. The molecule has 0 radical (unpaired) electrons. The van der Waals surface area contributed by atoms with Crippen molar-refractivity contribution in [1.82, 2.24) is 15.1 Å². The lowest BCUT2D eigenvalue weighted by Gasteiger charge is -2.28. The van der Waals surface area contributed by atoms with Gasteiger partial charge < -0.3 is 15.3 Å². The van der Waals surface area contributed by atoms with Crippen LogP contribution in [0.5, 0.6) is 5.75 Å². The van der Waals surface area contributed by atoms with Gasteiger partial charge in [-0.25, -0.2) is 4.39 Å². The Labute approximate surface area is 210 Å². The number of hydrogen-bond donors (Lipinski definition) is 2. The smallest absolute Gasteiger partial charge is 0.254 e. The average Bonchev–Trinajstić information content (AvgIpc) is 3.30. The quantitative estimate of drug-likeness (QED) is 0.528. The van der Waals surface area contributed by atoms with Crippen molar-refractivity contribution < 1.29 is 19.1 Å². The van der Waals surface area contributed by atoms with Gasteiger partial charge in [0.05, 0.1) is 0 Å². The van der Waals surface area contributed by atoms with E-state index >= 15 is 0 Å². The van der Waals surface area contributed by atoms with Gasteiger partial charge in [0, 0.05) is 50.4 Å². The summed E-state index contributed by atoms with van der Waals surface area (Å²) in [5, 5.41) is 14.7. The zero-order chi connectivity index (χ0) is 25.1. The molecular formula is C29H30FN3O3. The molecule has 0 aromatic heterocycles. The van der Waals surface area contributed by atoms with Crippen LogP contribution in [0.1, 0.15) is 35.2 Å². The van der Waals surface area contributed by atoms with Gasteiger partial charge in [-0.1, -0.05) is 29.8 Å². The summed E-state index contributed by atoms with van der Waals surface area (Å²) < 4.78 is 13.4. The van der Waals surface area contributed by atoms with Crippen molar-refractivity contribution in [1.29, 1.82) is 0 Å². The van der Waals surface area contributed by atoms with E-state index in [2.05, 4.69) is 16.3 Å². The number of phenolic OH excluding ortho intramolecular Hbond substituents is 1. The number of fused-ring (bicyclic) bond motifs is 1. The third-order valence-electron chi connectivity index (χ3n) is 7.01. The normalized spacial score (nSPS) is 18.4. The fraction of sp³-hybridized carbons (Fsp3) is 0.310. The van der Waals surface area contributed by atoms with Crippen molar-refractivity contribution in [2.24, 2.45) is 0 Å². The maximum absolute atomic E-state index is 13.4. The van der Waals surface area contributed by atoms with Crippen LogP contribution in [0.4, 0.5) is 4.39 Å². The minimum absolute atomic E-state index is 0.0719. The molecule has 2 amide bonds. The van der Waals surface area contributed by atoms with Crippen LogP contribution in [-0.4, -0.2) is 58.9 Å². The summed E-state index contributed by atoms with van der Waals surface area (Å²) in [5.41, 5.74) is 2.70. The fourth-order valence-electron chi connectivity index (χ4n) is 5.11. The predicted molar refractivity (Wildman–Crippen MR) is 137 cm³/mol. The highest BCUT2D eigenvalue weighted by atomic mass is 19.1. The van der Waals surface area contributed by atoms with Gasteiger partial charge in [-0.15, -0.1) is 0 Å². The number of piperidine rings is 1. The lowest BCUT2D eigenvalue weighted by Crippen LogP contribution is -2.38. The number of nitrogens with one attached hydrogen (secondary N) is 1. The number of amides is 2. The summed E-state index contributed by atoms with van der Waals surface area (Å²) in [6.07, 6.45) is 3.93. The zero-order valence-corrected chi connectivity index (χ0v) is 20.1. The molecular weight excluding hydrogens is 457 g/mol. The van der Waals surface area contributed by atoms with Gasteiger partial charge in [-0.2, -0.15) is 0 Å². The average molecular weight is 488 g/mol. The second-order valence-corrected chi connectivity index (χ2v) is 9.70. The Balaban J connectivity index is 1.09. The topological polar surface area (TPSA) is 72.9 Å². The zero-order valence-electron chi connectivity index (χ0n) is 20.1. The molecule has 186 valence electrons. The van der Waals surface area contributed by atoms with E-state index in [1.54, 1.807) is 35.2 Å². The van der Waals surface area contributed by atoms with E-state index in [1.165, 1.54) is 17.7 Å². The molecule has 36 heavy (non-hydrogen) atoms. The summed E-state index contributed by atoms with van der Waals surface area (Å²) in [4.78, 5) is 29.4. The number of halogens is 1. The number of hydrogen-bond acceptors (Lipinski definition) is 4. The second kappa shape index (κ2) is 10.5. The van der Waals surface area contributed by atoms with Crippen molar-refractivity contribution in [2.75, 3.05) is 26.2 Å². The Hall–Kier alpha value is -3.71. The van der Waals surface area contributed by atoms with E-state index in [9.17, 15) is 19.1 Å². The van der Waals surface area contributed by atoms with Gasteiger partial charge in [0.1, 0.15) is 11.6 Å². The standard InChI is InChI=1S/C29H30FN3O3/c30-25-7-6-22-14-21(4-5-23(22)16-25)18-32-11-10-26(19-32)31-28(35)15-20-8-12-33(13-9-20)29(36)24-2-1-3-27(34)17-24/h1-7,14-17,26,34H,8-13,18-19H2,(H,31,35). The highest BCUT2D eigenvalue weighted by molar-refractivity contribution is 5.95. The molecule has 6 nitrogen and oxygen atoms in total. The van der Waals surface area contributed by atoms with Crippen molar-refractivity contribution in [3.8, 4) is 5.75 Å². The summed E-state index contributed by atoms with van der Waals surface area (Å²) >= 11 is 0. The molecule has 2 aliphatic heterocycles. The minimum atomic E-state index is -0.226. The molecule has 7 heteroatoms. The molecule has 0 spiro atoms. The molecule has 2 aliphatic rings. The summed E-state index contributed by atoms with van der Waals surface area (Å²) in [6.45, 7) is 3.62. The Bertz CT molecular complexity index is 1310. The molecule has 2 heterocycles. The second-order valence-electron chi connectivity index (χ2n) is 9.70. The van der Waals surface area contributed by atoms with Crippen molar-refractivity contribution in [3.63, 3.8) is 0 Å². The van der Waals surface area contributed by atoms with E-state index in [-0.39, 0.29) is 29.4 Å². The lowest BCUT2D eigenvalue weighted by molar-refractivity contribution is -0.117. The van der Waals surface area contributed by atoms with Crippen molar-refractivity contribution in [3.05, 3.63) is 89.3 Å². The number of benzene rings is 3. The molecule has 5 rings (SSSR count). The lowest BCUT2D eigenvalue weighted by atomic mass is 10.0. The number of nitrogens with zero attached hydrogens (tertiary/aromatic N) is 2. The molecule has 2 N–H and O–H groups in total. The fourth-order valence-corrected chi connectivity index (χ4v) is 5.11. The highest BCUT2D eigenvalue weighted by Crippen LogP contribution is 2.22. The van der Waals surface area contributed by atoms with Crippen molar-refractivity contribution in [2.45, 2.75) is 31.8 Å². The van der Waals surface area contributed by atoms with E-state index in [0.29, 0.717) is 31.5 Å². The van der Waals surface area contributed by atoms with E-state index in [4.69, 9.17) is 0 Å². The predicted octanol–water partition coefficient (Wildman–Crippen LogP) is 4.24. The first-order chi connectivity index (χ1) is 17.4. The Morgan fingerprint density at radius 1 is 1.00 bits per heavy atom. The highest BCUT2D eigenvalue weighted by Gasteiger charge is 2.25. The van der Waals surface area contributed by atoms with Crippen LogP contribution in [0.3, 0.4) is 0 Å². The van der Waals surface area contributed by atoms with Crippen LogP contribution in [0.15, 0.2) is 72.3 Å². The molecule has 2 saturated heterocycles. The van der Waals surface area contributed by atoms with Gasteiger partial charge in [0.25, 0.3) is 5.91 Å².